The molecule has 0 spiro atoms. The smallest absolute Gasteiger partial charge is 0.218 e. The quantitative estimate of drug-likeness (QED) is 0.646. The number of hydrogen-bond donors (Lipinski definition) is 0. The van der Waals surface area contributed by atoms with Crippen molar-refractivity contribution in [2.45, 2.75) is 11.1 Å². The van der Waals surface area contributed by atoms with E-state index in [0.29, 0.717) is 6.08 Å². The van der Waals surface area contributed by atoms with Crippen LogP contribution < -0.4 is 0 Å². The van der Waals surface area contributed by atoms with Crippen LogP contribution in [0.1, 0.15) is 11.1 Å². The van der Waals surface area contributed by atoms with Gasteiger partial charge in [-0.25, -0.2) is 8.42 Å². The van der Waals surface area contributed by atoms with E-state index in [0.717, 1.165) is 24.3 Å². The Kier molecular flexibility index (Phi) is 5.47. The third-order valence-electron chi connectivity index (χ3n) is 3.14. The van der Waals surface area contributed by atoms with E-state index in [1.54, 1.807) is 0 Å². The van der Waals surface area contributed by atoms with E-state index in [1.165, 1.54) is 24.3 Å². The van der Waals surface area contributed by atoms with Gasteiger partial charge < -0.3 is 0 Å². The summed E-state index contributed by atoms with van der Waals surface area (Å²) in [6.45, 7) is 0. The third-order valence-corrected chi connectivity index (χ3v) is 5.52. The fourth-order valence-corrected chi connectivity index (χ4v) is 3.90. The average Bonchev–Trinajstić information content (AvgIpc) is 2.54. The van der Waals surface area contributed by atoms with Crippen molar-refractivity contribution in [1.29, 1.82) is 5.26 Å². The normalized spacial score (nSPS) is 12.7. The van der Waals surface area contributed by atoms with Crippen molar-refractivity contribution in [1.82, 2.24) is 0 Å². The second-order valence-electron chi connectivity index (χ2n) is 4.78. The number of hydrogen-bond acceptors (Lipinski definition) is 3. The molecule has 2 aromatic rings. The van der Waals surface area contributed by atoms with Gasteiger partial charge in [0.15, 0.2) is 0 Å². The summed E-state index contributed by atoms with van der Waals surface area (Å²) < 4.78 is 64.3. The van der Waals surface area contributed by atoms with Crippen LogP contribution in [-0.2, 0) is 16.0 Å². The minimum absolute atomic E-state index is 0.0518. The van der Waals surface area contributed by atoms with Crippen LogP contribution in [0.5, 0.6) is 0 Å². The highest BCUT2D eigenvalue weighted by molar-refractivity contribution is 7.95. The molecule has 9 heteroatoms. The molecule has 0 saturated carbocycles. The summed E-state index contributed by atoms with van der Waals surface area (Å²) in [7, 11) is -4.45. The van der Waals surface area contributed by atoms with Gasteiger partial charge in [-0.05, 0) is 35.9 Å². The molecule has 0 aromatic heterocycles. The van der Waals surface area contributed by atoms with Gasteiger partial charge in [-0.3, -0.25) is 0 Å². The van der Waals surface area contributed by atoms with Crippen molar-refractivity contribution in [2.75, 3.05) is 0 Å². The average molecular weight is 406 g/mol. The van der Waals surface area contributed by atoms with Crippen molar-refractivity contribution in [3.8, 4) is 6.07 Å². The fraction of sp³-hybridized carbons (Fsp3) is 0.0625. The fourth-order valence-electron chi connectivity index (χ4n) is 1.99. The maximum atomic E-state index is 13.0. The molecular formula is C16H8Cl2F3NO2S. The third kappa shape index (κ3) is 4.15. The number of alkyl halides is 3. The van der Waals surface area contributed by atoms with Gasteiger partial charge in [0.05, 0.1) is 15.5 Å². The SMILES string of the molecule is N#CC(=Cc1ccccc1C(F)(F)F)S(=O)(=O)c1cc(Cl)ccc1Cl. The van der Waals surface area contributed by atoms with Crippen LogP contribution in [0.2, 0.25) is 10.0 Å². The first-order chi connectivity index (χ1) is 11.6. The number of halogens is 5. The standard InChI is InChI=1S/C16H8Cl2F3NO2S/c17-11-5-6-14(18)15(8-11)25(23,24)12(9-22)7-10-3-1-2-4-13(10)16(19,20)21/h1-8H. The second kappa shape index (κ2) is 7.08. The lowest BCUT2D eigenvalue weighted by molar-refractivity contribution is -0.137. The minimum Gasteiger partial charge on any atom is -0.218 e. The molecule has 0 aliphatic carbocycles. The molecular weight excluding hydrogens is 398 g/mol. The molecule has 0 heterocycles. The van der Waals surface area contributed by atoms with E-state index in [9.17, 15) is 26.9 Å². The first-order valence-corrected chi connectivity index (χ1v) is 8.79. The second-order valence-corrected chi connectivity index (χ2v) is 7.51. The van der Waals surface area contributed by atoms with Crippen molar-refractivity contribution in [3.63, 3.8) is 0 Å². The van der Waals surface area contributed by atoms with E-state index in [-0.39, 0.29) is 10.0 Å². The van der Waals surface area contributed by atoms with Crippen molar-refractivity contribution < 1.29 is 21.6 Å². The number of sulfone groups is 1. The Labute approximate surface area is 151 Å². The molecule has 0 N–H and O–H groups in total. The highest BCUT2D eigenvalue weighted by Crippen LogP contribution is 2.35. The summed E-state index contributed by atoms with van der Waals surface area (Å²) in [5.41, 5.74) is -1.51. The van der Waals surface area contributed by atoms with Crippen LogP contribution in [0.3, 0.4) is 0 Å². The molecule has 3 nitrogen and oxygen atoms in total. The number of nitriles is 1. The molecule has 2 rings (SSSR count). The largest absolute Gasteiger partial charge is 0.416 e. The zero-order chi connectivity index (χ0) is 18.8. The van der Waals surface area contributed by atoms with E-state index in [2.05, 4.69) is 0 Å². The van der Waals surface area contributed by atoms with Crippen LogP contribution in [0.4, 0.5) is 13.2 Å². The molecule has 0 saturated heterocycles. The molecule has 25 heavy (non-hydrogen) atoms. The van der Waals surface area contributed by atoms with Crippen molar-refractivity contribution in [3.05, 3.63) is 68.5 Å². The predicted octanol–water partition coefficient (Wildman–Crippen LogP) is 5.35. The molecule has 130 valence electrons. The predicted molar refractivity (Wildman–Crippen MR) is 88.7 cm³/mol. The van der Waals surface area contributed by atoms with E-state index in [4.69, 9.17) is 23.2 Å². The summed E-state index contributed by atoms with van der Waals surface area (Å²) in [5, 5.41) is 9.04. The van der Waals surface area contributed by atoms with Crippen LogP contribution in [0.15, 0.2) is 52.3 Å². The van der Waals surface area contributed by atoms with E-state index < -0.39 is 36.9 Å². The highest BCUT2D eigenvalue weighted by atomic mass is 35.5. The highest BCUT2D eigenvalue weighted by Gasteiger charge is 2.33. The van der Waals surface area contributed by atoms with Gasteiger partial charge >= 0.3 is 6.18 Å². The number of nitrogens with zero attached hydrogens (tertiary/aromatic N) is 1. The molecule has 0 amide bonds. The van der Waals surface area contributed by atoms with Gasteiger partial charge in [-0.2, -0.15) is 18.4 Å². The van der Waals surface area contributed by atoms with Crippen LogP contribution in [0, 0.1) is 11.3 Å². The summed E-state index contributed by atoms with van der Waals surface area (Å²) >= 11 is 11.6. The summed E-state index contributed by atoms with van der Waals surface area (Å²) in [4.78, 5) is -1.34. The van der Waals surface area contributed by atoms with Gasteiger partial charge in [-0.1, -0.05) is 41.4 Å². The topological polar surface area (TPSA) is 57.9 Å². The Morgan fingerprint density at radius 3 is 2.36 bits per heavy atom. The van der Waals surface area contributed by atoms with Gasteiger partial charge in [0.1, 0.15) is 11.0 Å². The maximum absolute atomic E-state index is 13.0. The lowest BCUT2D eigenvalue weighted by Crippen LogP contribution is -2.09. The van der Waals surface area contributed by atoms with Crippen LogP contribution in [-0.4, -0.2) is 8.42 Å². The van der Waals surface area contributed by atoms with Crippen LogP contribution >= 0.6 is 23.2 Å². The van der Waals surface area contributed by atoms with Crippen molar-refractivity contribution >= 4 is 39.1 Å². The zero-order valence-electron chi connectivity index (χ0n) is 12.2. The molecule has 0 unspecified atom stereocenters. The Bertz CT molecular complexity index is 993. The molecule has 0 atom stereocenters. The molecule has 0 radical (unpaired) electrons. The van der Waals surface area contributed by atoms with Crippen LogP contribution in [0.25, 0.3) is 6.08 Å². The Morgan fingerprint density at radius 1 is 1.12 bits per heavy atom. The van der Waals surface area contributed by atoms with Crippen molar-refractivity contribution in [2.24, 2.45) is 0 Å². The minimum atomic E-state index is -4.70. The van der Waals surface area contributed by atoms with Gasteiger partial charge in [0.2, 0.25) is 9.84 Å². The zero-order valence-corrected chi connectivity index (χ0v) is 14.5. The molecule has 0 aliphatic heterocycles. The van der Waals surface area contributed by atoms with Gasteiger partial charge in [0, 0.05) is 5.02 Å². The Balaban J connectivity index is 2.67. The van der Waals surface area contributed by atoms with Gasteiger partial charge in [0.25, 0.3) is 0 Å². The lowest BCUT2D eigenvalue weighted by Gasteiger charge is -2.11. The molecule has 0 aliphatic rings. The van der Waals surface area contributed by atoms with E-state index >= 15 is 0 Å². The maximum Gasteiger partial charge on any atom is 0.416 e. The first kappa shape index (κ1) is 19.3. The Morgan fingerprint density at radius 2 is 1.76 bits per heavy atom. The summed E-state index contributed by atoms with van der Waals surface area (Å²) in [6.07, 6.45) is -4.04. The van der Waals surface area contributed by atoms with Gasteiger partial charge in [-0.15, -0.1) is 0 Å². The Hall–Kier alpha value is -2.01. The number of allylic oxidation sites excluding steroid dienone is 1. The first-order valence-electron chi connectivity index (χ1n) is 6.55. The lowest BCUT2D eigenvalue weighted by atomic mass is 10.1. The number of rotatable bonds is 3. The van der Waals surface area contributed by atoms with E-state index in [1.807, 2.05) is 0 Å². The number of benzene rings is 2. The summed E-state index contributed by atoms with van der Waals surface area (Å²) in [6, 6.07) is 9.33. The summed E-state index contributed by atoms with van der Waals surface area (Å²) in [5.74, 6) is 0. The molecule has 0 fully saturated rings. The molecule has 2 aromatic carbocycles. The molecule has 0 bridgehead atoms. The monoisotopic (exact) mass is 405 g/mol.